The predicted molar refractivity (Wildman–Crippen MR) is 80.9 cm³/mol. The number of nitrogens with zero attached hydrogens (tertiary/aromatic N) is 1. The van der Waals surface area contributed by atoms with Crippen LogP contribution in [0.4, 0.5) is 0 Å². The van der Waals surface area contributed by atoms with Gasteiger partial charge < -0.3 is 19.5 Å². The van der Waals surface area contributed by atoms with E-state index in [4.69, 9.17) is 14.6 Å². The highest BCUT2D eigenvalue weighted by molar-refractivity contribution is 5.16. The smallest absolute Gasteiger partial charge is 0.184 e. The van der Waals surface area contributed by atoms with E-state index in [0.717, 1.165) is 31.6 Å². The molecule has 21 heavy (non-hydrogen) atoms. The molecule has 0 radical (unpaired) electrons. The van der Waals surface area contributed by atoms with Crippen LogP contribution in [0.2, 0.25) is 0 Å². The maximum atomic E-state index is 9.00. The molecule has 0 amide bonds. The van der Waals surface area contributed by atoms with Gasteiger partial charge in [-0.05, 0) is 38.3 Å². The monoisotopic (exact) mass is 291 g/mol. The maximum Gasteiger partial charge on any atom is 0.184 e. The van der Waals surface area contributed by atoms with E-state index >= 15 is 0 Å². The number of hydrogen-bond acceptors (Lipinski definition) is 4. The molecule has 2 aliphatic rings. The first-order valence-electron chi connectivity index (χ1n) is 8.00. The summed E-state index contributed by atoms with van der Waals surface area (Å²) in [5.74, 6) is 0.698. The van der Waals surface area contributed by atoms with Crippen molar-refractivity contribution in [2.75, 3.05) is 32.8 Å². The molecule has 116 valence electrons. The molecule has 0 spiro atoms. The number of aliphatic hydroxyl groups excluding tert-OH is 1. The molecule has 2 saturated heterocycles. The van der Waals surface area contributed by atoms with Crippen molar-refractivity contribution in [1.29, 1.82) is 0 Å². The normalized spacial score (nSPS) is 28.0. The number of likely N-dealkylation sites (tertiary alicyclic amines) is 1. The van der Waals surface area contributed by atoms with Gasteiger partial charge in [0.2, 0.25) is 0 Å². The first-order chi connectivity index (χ1) is 10.3. The van der Waals surface area contributed by atoms with Crippen molar-refractivity contribution in [3.8, 4) is 0 Å². The third kappa shape index (κ3) is 4.04. The lowest BCUT2D eigenvalue weighted by molar-refractivity contribution is -0.0653. The summed E-state index contributed by atoms with van der Waals surface area (Å²) in [6, 6.07) is 10.1. The SMILES string of the molecule is OCCC1CCN(CC2COC(c3ccccc3)O2)CC1. The van der Waals surface area contributed by atoms with E-state index in [1.165, 1.54) is 12.8 Å². The van der Waals surface area contributed by atoms with Gasteiger partial charge in [-0.25, -0.2) is 0 Å². The highest BCUT2D eigenvalue weighted by Crippen LogP contribution is 2.28. The molecule has 3 rings (SSSR count). The fourth-order valence-electron chi connectivity index (χ4n) is 3.26. The minimum Gasteiger partial charge on any atom is -0.396 e. The zero-order valence-corrected chi connectivity index (χ0v) is 12.5. The molecule has 2 fully saturated rings. The Labute approximate surface area is 126 Å². The molecule has 0 saturated carbocycles. The number of piperidine rings is 1. The van der Waals surface area contributed by atoms with Crippen LogP contribution in [0, 0.1) is 5.92 Å². The van der Waals surface area contributed by atoms with Crippen LogP contribution in [-0.2, 0) is 9.47 Å². The van der Waals surface area contributed by atoms with E-state index in [1.807, 2.05) is 30.3 Å². The number of ether oxygens (including phenoxy) is 2. The van der Waals surface area contributed by atoms with Gasteiger partial charge in [-0.15, -0.1) is 0 Å². The van der Waals surface area contributed by atoms with Gasteiger partial charge in [-0.2, -0.15) is 0 Å². The maximum absolute atomic E-state index is 9.00. The van der Waals surface area contributed by atoms with Crippen LogP contribution in [0.3, 0.4) is 0 Å². The van der Waals surface area contributed by atoms with Gasteiger partial charge in [0.15, 0.2) is 6.29 Å². The summed E-state index contributed by atoms with van der Waals surface area (Å²) in [5, 5.41) is 9.00. The Hall–Kier alpha value is -0.940. The van der Waals surface area contributed by atoms with E-state index in [0.29, 0.717) is 19.1 Å². The van der Waals surface area contributed by atoms with Crippen LogP contribution in [-0.4, -0.2) is 49.0 Å². The Bertz CT molecular complexity index is 417. The Morgan fingerprint density at radius 2 is 1.90 bits per heavy atom. The molecule has 2 unspecified atom stereocenters. The number of aliphatic hydroxyl groups is 1. The zero-order chi connectivity index (χ0) is 14.5. The Morgan fingerprint density at radius 1 is 1.14 bits per heavy atom. The molecule has 1 aromatic rings. The molecule has 2 aliphatic heterocycles. The van der Waals surface area contributed by atoms with Gasteiger partial charge in [-0.1, -0.05) is 30.3 Å². The van der Waals surface area contributed by atoms with Crippen molar-refractivity contribution in [1.82, 2.24) is 4.90 Å². The summed E-state index contributed by atoms with van der Waals surface area (Å²) >= 11 is 0. The molecular weight excluding hydrogens is 266 g/mol. The average Bonchev–Trinajstić information content (AvgIpc) is 2.99. The fourth-order valence-corrected chi connectivity index (χ4v) is 3.26. The highest BCUT2D eigenvalue weighted by Gasteiger charge is 2.29. The van der Waals surface area contributed by atoms with Crippen LogP contribution in [0.15, 0.2) is 30.3 Å². The van der Waals surface area contributed by atoms with Crippen molar-refractivity contribution in [3.05, 3.63) is 35.9 Å². The van der Waals surface area contributed by atoms with Crippen molar-refractivity contribution >= 4 is 0 Å². The van der Waals surface area contributed by atoms with Crippen LogP contribution in [0.25, 0.3) is 0 Å². The Morgan fingerprint density at radius 3 is 2.62 bits per heavy atom. The largest absolute Gasteiger partial charge is 0.396 e. The Kier molecular flexibility index (Phi) is 5.25. The van der Waals surface area contributed by atoms with Gasteiger partial charge >= 0.3 is 0 Å². The topological polar surface area (TPSA) is 41.9 Å². The van der Waals surface area contributed by atoms with Gasteiger partial charge in [0.1, 0.15) is 0 Å². The van der Waals surface area contributed by atoms with Gasteiger partial charge in [0.05, 0.1) is 12.7 Å². The molecule has 0 bridgehead atoms. The third-order valence-corrected chi connectivity index (χ3v) is 4.53. The molecule has 1 aromatic carbocycles. The second kappa shape index (κ2) is 7.36. The quantitative estimate of drug-likeness (QED) is 0.903. The highest BCUT2D eigenvalue weighted by atomic mass is 16.7. The molecule has 4 heteroatoms. The summed E-state index contributed by atoms with van der Waals surface area (Å²) in [6.45, 7) is 4.18. The average molecular weight is 291 g/mol. The predicted octanol–water partition coefficient (Wildman–Crippen LogP) is 2.20. The van der Waals surface area contributed by atoms with E-state index in [2.05, 4.69) is 4.90 Å². The minimum absolute atomic E-state index is 0.171. The third-order valence-electron chi connectivity index (χ3n) is 4.53. The van der Waals surface area contributed by atoms with Crippen molar-refractivity contribution in [2.24, 2.45) is 5.92 Å². The van der Waals surface area contributed by atoms with Crippen molar-refractivity contribution in [2.45, 2.75) is 31.7 Å². The van der Waals surface area contributed by atoms with E-state index in [9.17, 15) is 0 Å². The van der Waals surface area contributed by atoms with Gasteiger partial charge in [0, 0.05) is 18.7 Å². The summed E-state index contributed by atoms with van der Waals surface area (Å²) in [6.07, 6.45) is 3.30. The fraction of sp³-hybridized carbons (Fsp3) is 0.647. The zero-order valence-electron chi connectivity index (χ0n) is 12.5. The number of hydrogen-bond donors (Lipinski definition) is 1. The summed E-state index contributed by atoms with van der Waals surface area (Å²) in [5.41, 5.74) is 1.10. The van der Waals surface area contributed by atoms with Crippen molar-refractivity contribution in [3.63, 3.8) is 0 Å². The van der Waals surface area contributed by atoms with Gasteiger partial charge in [0.25, 0.3) is 0 Å². The first-order valence-corrected chi connectivity index (χ1v) is 8.00. The molecule has 4 nitrogen and oxygen atoms in total. The Balaban J connectivity index is 1.43. The molecular formula is C17H25NO3. The number of rotatable bonds is 5. The molecule has 2 atom stereocenters. The minimum atomic E-state index is -0.205. The van der Waals surface area contributed by atoms with E-state index in [-0.39, 0.29) is 12.4 Å². The second-order valence-corrected chi connectivity index (χ2v) is 6.09. The van der Waals surface area contributed by atoms with E-state index in [1.54, 1.807) is 0 Å². The molecule has 1 N–H and O–H groups in total. The second-order valence-electron chi connectivity index (χ2n) is 6.09. The van der Waals surface area contributed by atoms with Crippen LogP contribution >= 0.6 is 0 Å². The standard InChI is InChI=1S/C17H25NO3/c19-11-8-14-6-9-18(10-7-14)12-16-13-20-17(21-16)15-4-2-1-3-5-15/h1-5,14,16-17,19H,6-13H2. The molecule has 2 heterocycles. The van der Waals surface area contributed by atoms with Crippen LogP contribution < -0.4 is 0 Å². The van der Waals surface area contributed by atoms with Crippen LogP contribution in [0.1, 0.15) is 31.1 Å². The summed E-state index contributed by atoms with van der Waals surface area (Å²) in [4.78, 5) is 2.47. The molecule has 0 aromatic heterocycles. The molecule has 0 aliphatic carbocycles. The lowest BCUT2D eigenvalue weighted by Crippen LogP contribution is -2.39. The van der Waals surface area contributed by atoms with E-state index < -0.39 is 0 Å². The first kappa shape index (κ1) is 15.0. The lowest BCUT2D eigenvalue weighted by atomic mass is 9.94. The summed E-state index contributed by atoms with van der Waals surface area (Å²) in [7, 11) is 0. The number of benzene rings is 1. The van der Waals surface area contributed by atoms with Crippen LogP contribution in [0.5, 0.6) is 0 Å². The lowest BCUT2D eigenvalue weighted by Gasteiger charge is -2.32. The van der Waals surface area contributed by atoms with Gasteiger partial charge in [-0.3, -0.25) is 0 Å². The van der Waals surface area contributed by atoms with Crippen molar-refractivity contribution < 1.29 is 14.6 Å². The summed E-state index contributed by atoms with van der Waals surface area (Å²) < 4.78 is 11.8.